The van der Waals surface area contributed by atoms with E-state index in [2.05, 4.69) is 46.2 Å². The average Bonchev–Trinajstić information content (AvgIpc) is 0.795. The quantitative estimate of drug-likeness (QED) is 0.0265. The van der Waals surface area contributed by atoms with Gasteiger partial charge in [-0.1, -0.05) is 25.1 Å². The highest BCUT2D eigenvalue weighted by atomic mass is 32.2. The van der Waals surface area contributed by atoms with Gasteiger partial charge in [-0.15, -0.1) is 25.6 Å². The fourth-order valence-electron chi connectivity index (χ4n) is 9.68. The van der Waals surface area contributed by atoms with E-state index in [4.69, 9.17) is 9.47 Å². The Labute approximate surface area is 521 Å². The lowest BCUT2D eigenvalue weighted by molar-refractivity contribution is 0.202. The Kier molecular flexibility index (Phi) is 17.6. The van der Waals surface area contributed by atoms with Crippen LogP contribution >= 0.6 is 0 Å². The molecule has 476 valence electrons. The first kappa shape index (κ1) is 65.2. The van der Waals surface area contributed by atoms with Gasteiger partial charge in [0.1, 0.15) is 56.4 Å². The summed E-state index contributed by atoms with van der Waals surface area (Å²) in [6.45, 7) is 2.57. The minimum atomic E-state index is -5.17. The van der Waals surface area contributed by atoms with Gasteiger partial charge in [-0.25, -0.2) is 0 Å². The Bertz CT molecular complexity index is 5410. The Morgan fingerprint density at radius 3 is 1.61 bits per heavy atom. The molecule has 0 bridgehead atoms. The van der Waals surface area contributed by atoms with Crippen molar-refractivity contribution in [1.82, 2.24) is 0 Å². The molecule has 0 spiro atoms. The lowest BCUT2D eigenvalue weighted by atomic mass is 9.95. The third kappa shape index (κ3) is 13.8. The summed E-state index contributed by atoms with van der Waals surface area (Å²) in [5, 5.41) is 80.5. The molecule has 0 fully saturated rings. The minimum absolute atomic E-state index is 0.0168. The molecule has 9 aromatic rings. The van der Waals surface area contributed by atoms with Crippen molar-refractivity contribution in [2.24, 2.45) is 46.8 Å². The van der Waals surface area contributed by atoms with Gasteiger partial charge in [0.15, 0.2) is 11.5 Å². The van der Waals surface area contributed by atoms with Crippen LogP contribution in [0.2, 0.25) is 0 Å². The summed E-state index contributed by atoms with van der Waals surface area (Å²) in [5.41, 5.74) is -0.267. The van der Waals surface area contributed by atoms with E-state index in [0.29, 0.717) is 28.1 Å². The molecule has 1 aliphatic carbocycles. The predicted octanol–water partition coefficient (Wildman–Crippen LogP) is 12.2. The minimum Gasteiger partial charge on any atom is -0.507 e. The van der Waals surface area contributed by atoms with Gasteiger partial charge < -0.3 is 35.2 Å². The molecule has 9 aromatic carbocycles. The summed E-state index contributed by atoms with van der Waals surface area (Å²) >= 11 is 0. The maximum atomic E-state index is 12.9. The number of aryl methyl sites for hydroxylation is 1. The van der Waals surface area contributed by atoms with Crippen LogP contribution in [0.5, 0.6) is 23.0 Å². The van der Waals surface area contributed by atoms with Crippen molar-refractivity contribution in [3.8, 4) is 23.0 Å². The SMILES string of the molecule is COC1=CC(N=Nc2cc(S(=O)(=O)O)cc3cc(S(=O)(=O)O)cc(O)c23)C(C)C=C1N=Nc1c(S(=O)(=O)O)cc2cc(Nc3ccc4c(O)c(N=Nc5cc(C)c(N=Nc6cccc7cc(S(=O)(=O)O)ccc67)cc5OCCO)c(S(=O)(=O)O)cc4c3)ccc2c1O. The number of nitrogens with zero attached hydrogens (tertiary/aromatic N) is 8. The molecule has 35 heteroatoms. The van der Waals surface area contributed by atoms with Crippen molar-refractivity contribution in [2.45, 2.75) is 44.4 Å². The number of aliphatic hydroxyl groups is 1. The van der Waals surface area contributed by atoms with Gasteiger partial charge in [0.05, 0.1) is 56.9 Å². The molecule has 30 nitrogen and oxygen atoms in total. The molecule has 1 aliphatic rings. The molecular formula is C57H47N9O21S5. The van der Waals surface area contributed by atoms with Crippen LogP contribution in [-0.4, -0.2) is 112 Å². The summed E-state index contributed by atoms with van der Waals surface area (Å²) in [6.07, 6.45) is 2.85. The zero-order valence-corrected chi connectivity index (χ0v) is 51.4. The fraction of sp³-hybridized carbons (Fsp3) is 0.123. The number of rotatable bonds is 19. The van der Waals surface area contributed by atoms with Crippen molar-refractivity contribution in [3.63, 3.8) is 0 Å². The van der Waals surface area contributed by atoms with Crippen LogP contribution in [0.1, 0.15) is 12.5 Å². The summed E-state index contributed by atoms with van der Waals surface area (Å²) < 4.78 is 184. The fourth-order valence-corrected chi connectivity index (χ4v) is 12.6. The van der Waals surface area contributed by atoms with Crippen LogP contribution < -0.4 is 10.1 Å². The number of fused-ring (bicyclic) bond motifs is 4. The highest BCUT2D eigenvalue weighted by Crippen LogP contribution is 2.47. The van der Waals surface area contributed by atoms with E-state index < -0.39 is 117 Å². The summed E-state index contributed by atoms with van der Waals surface area (Å²) in [5.74, 6) is -2.91. The molecule has 92 heavy (non-hydrogen) atoms. The van der Waals surface area contributed by atoms with Crippen molar-refractivity contribution in [2.75, 3.05) is 25.6 Å². The van der Waals surface area contributed by atoms with E-state index in [9.17, 15) is 85.3 Å². The van der Waals surface area contributed by atoms with Crippen LogP contribution in [0.4, 0.5) is 45.5 Å². The standard InChI is InChI=1S/C57H47N9O21S5/c1-28-15-45(49(86-3)26-43(28)61-64-47-24-37(89(74,75)76)20-33-21-38(90(77,78)79)25-48(68)53(33)47)62-65-54-51(91(80,81)82)22-31-17-34(7-10-40(31)56(54)69)58-35-8-11-41-32(18-35)23-52(92(83,84)85)55(57(41)70)66-63-46-16-29(2)44(27-50(46)87-14-13-67)60-59-42-6-4-5-30-19-36(88(71,72)73)9-12-39(30)42/h4-12,15-28,43,58,67-70H,13-14H2,1-3H3,(H,71,72,73)(H,74,75,76)(H,77,78,79)(H,80,81,82)(H,83,84,85). The number of aliphatic hydroxyl groups excluding tert-OH is 1. The molecule has 10 rings (SSSR count). The maximum absolute atomic E-state index is 12.9. The van der Waals surface area contributed by atoms with Gasteiger partial charge in [-0.3, -0.25) is 22.8 Å². The molecule has 0 amide bonds. The second kappa shape index (κ2) is 24.8. The molecule has 2 atom stereocenters. The normalized spacial score (nSPS) is 15.4. The van der Waals surface area contributed by atoms with Gasteiger partial charge in [0.25, 0.3) is 50.6 Å². The van der Waals surface area contributed by atoms with E-state index in [1.54, 1.807) is 32.0 Å². The summed E-state index contributed by atoms with van der Waals surface area (Å²) in [6, 6.07) is 24.4. The molecule has 0 saturated carbocycles. The number of hydrogen-bond donors (Lipinski definition) is 10. The highest BCUT2D eigenvalue weighted by Gasteiger charge is 2.28. The first-order valence-corrected chi connectivity index (χ1v) is 33.5. The number of anilines is 2. The Hall–Kier alpha value is -9.79. The zero-order chi connectivity index (χ0) is 66.6. The number of benzene rings is 9. The van der Waals surface area contributed by atoms with E-state index >= 15 is 0 Å². The Morgan fingerprint density at radius 2 is 1.04 bits per heavy atom. The number of azo groups is 4. The molecular weight excluding hydrogens is 1310 g/mol. The number of hydrogen-bond acceptors (Lipinski definition) is 25. The van der Waals surface area contributed by atoms with Gasteiger partial charge in [0.2, 0.25) is 0 Å². The molecule has 2 unspecified atom stereocenters. The van der Waals surface area contributed by atoms with Crippen molar-refractivity contribution < 1.29 is 94.8 Å². The van der Waals surface area contributed by atoms with Gasteiger partial charge in [0, 0.05) is 45.6 Å². The molecule has 0 radical (unpaired) electrons. The number of aromatic hydroxyl groups is 3. The lowest BCUT2D eigenvalue weighted by Gasteiger charge is -2.20. The number of ether oxygens (including phenoxy) is 2. The number of phenols is 3. The van der Waals surface area contributed by atoms with Gasteiger partial charge in [-0.05, 0) is 137 Å². The second-order valence-electron chi connectivity index (χ2n) is 20.3. The topological polar surface area (TPSA) is 482 Å². The number of phenolic OH excluding ortho intramolecular Hbond substituents is 3. The molecule has 0 saturated heterocycles. The van der Waals surface area contributed by atoms with Gasteiger partial charge in [-0.2, -0.15) is 57.4 Å². The van der Waals surface area contributed by atoms with Crippen LogP contribution in [-0.2, 0) is 55.3 Å². The average molecular weight is 1350 g/mol. The van der Waals surface area contributed by atoms with Crippen LogP contribution in [0.3, 0.4) is 0 Å². The number of nitrogens with one attached hydrogen (secondary N) is 1. The van der Waals surface area contributed by atoms with Crippen LogP contribution in [0.25, 0.3) is 43.1 Å². The molecule has 0 aromatic heterocycles. The van der Waals surface area contributed by atoms with E-state index in [0.717, 1.165) is 30.3 Å². The van der Waals surface area contributed by atoms with Crippen LogP contribution in [0, 0.1) is 12.8 Å². The first-order valence-electron chi connectivity index (χ1n) is 26.3. The summed E-state index contributed by atoms with van der Waals surface area (Å²) in [7, 11) is -23.4. The molecule has 0 aliphatic heterocycles. The van der Waals surface area contributed by atoms with Crippen molar-refractivity contribution >= 4 is 139 Å². The first-order chi connectivity index (χ1) is 43.2. The van der Waals surface area contributed by atoms with Crippen LogP contribution in [0.15, 0.2) is 210 Å². The second-order valence-corrected chi connectivity index (χ2v) is 27.3. The smallest absolute Gasteiger partial charge is 0.296 e. The maximum Gasteiger partial charge on any atom is 0.296 e. The van der Waals surface area contributed by atoms with E-state index in [1.165, 1.54) is 86.0 Å². The summed E-state index contributed by atoms with van der Waals surface area (Å²) in [4.78, 5) is -3.61. The monoisotopic (exact) mass is 1350 g/mol. The lowest BCUT2D eigenvalue weighted by Crippen LogP contribution is -2.17. The third-order valence-electron chi connectivity index (χ3n) is 14.1. The molecule has 0 heterocycles. The van der Waals surface area contributed by atoms with Crippen molar-refractivity contribution in [1.29, 1.82) is 0 Å². The highest BCUT2D eigenvalue weighted by molar-refractivity contribution is 7.87. The largest absolute Gasteiger partial charge is 0.507 e. The predicted molar refractivity (Wildman–Crippen MR) is 330 cm³/mol. The van der Waals surface area contributed by atoms with Crippen molar-refractivity contribution in [3.05, 3.63) is 150 Å². The Balaban J connectivity index is 0.909. The Morgan fingerprint density at radius 1 is 0.500 bits per heavy atom. The third-order valence-corrected chi connectivity index (χ3v) is 18.3. The number of methoxy groups -OCH3 is 1. The van der Waals surface area contributed by atoms with E-state index in [1.807, 2.05) is 0 Å². The zero-order valence-electron chi connectivity index (χ0n) is 47.3. The van der Waals surface area contributed by atoms with Gasteiger partial charge >= 0.3 is 0 Å². The molecule has 10 N–H and O–H groups in total. The van der Waals surface area contributed by atoms with E-state index in [-0.39, 0.29) is 89.5 Å².